The van der Waals surface area contributed by atoms with Gasteiger partial charge >= 0.3 is 0 Å². The van der Waals surface area contributed by atoms with Crippen molar-refractivity contribution in [3.05, 3.63) is 30.3 Å². The Bertz CT molecular complexity index is 416. The molecule has 0 bridgehead atoms. The van der Waals surface area contributed by atoms with Gasteiger partial charge in [-0.05, 0) is 37.8 Å². The summed E-state index contributed by atoms with van der Waals surface area (Å²) in [5.41, 5.74) is 1.83. The molecule has 0 atom stereocenters. The Hall–Kier alpha value is -1.02. The van der Waals surface area contributed by atoms with Crippen molar-refractivity contribution >= 4 is 5.69 Å². The Balaban J connectivity index is 1.67. The minimum Gasteiger partial charge on any atom is -0.374 e. The largest absolute Gasteiger partial charge is 0.374 e. The fourth-order valence-corrected chi connectivity index (χ4v) is 3.79. The fraction of sp³-hybridized carbons (Fsp3) is 0.684. The summed E-state index contributed by atoms with van der Waals surface area (Å²) in [4.78, 5) is 2.47. The second-order valence-electron chi connectivity index (χ2n) is 7.26. The van der Waals surface area contributed by atoms with Gasteiger partial charge in [0.05, 0.1) is 0 Å². The van der Waals surface area contributed by atoms with E-state index in [0.717, 1.165) is 6.04 Å². The molecule has 0 amide bonds. The van der Waals surface area contributed by atoms with E-state index in [9.17, 15) is 0 Å². The van der Waals surface area contributed by atoms with E-state index in [4.69, 9.17) is 0 Å². The van der Waals surface area contributed by atoms with Gasteiger partial charge in [-0.15, -0.1) is 0 Å². The number of nitrogens with one attached hydrogen (secondary N) is 1. The normalized spacial score (nSPS) is 21.8. The number of benzene rings is 1. The summed E-state index contributed by atoms with van der Waals surface area (Å²) in [6.07, 6.45) is 11.3. The Kier molecular flexibility index (Phi) is 4.84. The monoisotopic (exact) mass is 286 g/mol. The van der Waals surface area contributed by atoms with Gasteiger partial charge < -0.3 is 10.2 Å². The molecule has 0 radical (unpaired) electrons. The molecule has 1 N–H and O–H groups in total. The van der Waals surface area contributed by atoms with Crippen LogP contribution in [0.15, 0.2) is 30.3 Å². The van der Waals surface area contributed by atoms with Crippen molar-refractivity contribution < 1.29 is 0 Å². The van der Waals surface area contributed by atoms with Crippen molar-refractivity contribution in [1.82, 2.24) is 5.32 Å². The fourth-order valence-electron chi connectivity index (χ4n) is 3.79. The Morgan fingerprint density at radius 3 is 2.33 bits per heavy atom. The molecule has 2 saturated carbocycles. The van der Waals surface area contributed by atoms with Gasteiger partial charge in [0.15, 0.2) is 0 Å². The lowest BCUT2D eigenvalue weighted by Crippen LogP contribution is -2.43. The van der Waals surface area contributed by atoms with Gasteiger partial charge in [-0.3, -0.25) is 0 Å². The average molecular weight is 286 g/mol. The van der Waals surface area contributed by atoms with E-state index in [1.54, 1.807) is 0 Å². The quantitative estimate of drug-likeness (QED) is 0.788. The molecule has 1 aromatic rings. The molecule has 0 spiro atoms. The standard InChI is InChI=1S/C19H30N2/c1-21(18-9-5-4-6-10-18)16-19(15-20-17-11-12-17)13-7-2-3-8-14-19/h4-6,9-10,17,20H,2-3,7-8,11-16H2,1H3. The minimum atomic E-state index is 0.476. The Morgan fingerprint density at radius 2 is 1.71 bits per heavy atom. The summed E-state index contributed by atoms with van der Waals surface area (Å²) in [6, 6.07) is 11.7. The molecule has 0 unspecified atom stereocenters. The summed E-state index contributed by atoms with van der Waals surface area (Å²) in [7, 11) is 2.26. The first-order valence-electron chi connectivity index (χ1n) is 8.77. The molecule has 2 aliphatic rings. The summed E-state index contributed by atoms with van der Waals surface area (Å²) in [5, 5.41) is 3.83. The smallest absolute Gasteiger partial charge is 0.0363 e. The molecule has 2 aliphatic carbocycles. The molecular formula is C19H30N2. The number of hydrogen-bond donors (Lipinski definition) is 1. The third-order valence-corrected chi connectivity index (χ3v) is 5.28. The molecular weight excluding hydrogens is 256 g/mol. The van der Waals surface area contributed by atoms with E-state index in [1.165, 1.54) is 70.1 Å². The molecule has 0 heterocycles. The van der Waals surface area contributed by atoms with Crippen LogP contribution in [0.1, 0.15) is 51.4 Å². The maximum atomic E-state index is 3.83. The van der Waals surface area contributed by atoms with Crippen LogP contribution in [0.3, 0.4) is 0 Å². The van der Waals surface area contributed by atoms with Crippen LogP contribution in [0.4, 0.5) is 5.69 Å². The molecule has 1 aromatic carbocycles. The van der Waals surface area contributed by atoms with Gasteiger partial charge in [0.2, 0.25) is 0 Å². The highest BCUT2D eigenvalue weighted by Crippen LogP contribution is 2.37. The SMILES string of the molecule is CN(CC1(CNC2CC2)CCCCCC1)c1ccccc1. The second-order valence-corrected chi connectivity index (χ2v) is 7.26. The average Bonchev–Trinajstić information content (AvgIpc) is 3.34. The van der Waals surface area contributed by atoms with Gasteiger partial charge in [0.25, 0.3) is 0 Å². The molecule has 2 fully saturated rings. The molecule has 0 aromatic heterocycles. The first-order chi connectivity index (χ1) is 10.3. The zero-order valence-electron chi connectivity index (χ0n) is 13.5. The molecule has 2 heteroatoms. The van der Waals surface area contributed by atoms with Crippen molar-refractivity contribution in [3.63, 3.8) is 0 Å². The van der Waals surface area contributed by atoms with Crippen LogP contribution in [0, 0.1) is 5.41 Å². The van der Waals surface area contributed by atoms with Crippen LogP contribution in [0.2, 0.25) is 0 Å². The lowest BCUT2D eigenvalue weighted by molar-refractivity contribution is 0.238. The molecule has 21 heavy (non-hydrogen) atoms. The predicted octanol–water partition coefficient (Wildman–Crippen LogP) is 4.22. The summed E-state index contributed by atoms with van der Waals surface area (Å²) < 4.78 is 0. The van der Waals surface area contributed by atoms with Crippen molar-refractivity contribution in [1.29, 1.82) is 0 Å². The Morgan fingerprint density at radius 1 is 1.05 bits per heavy atom. The Labute approximate surface area is 129 Å². The van der Waals surface area contributed by atoms with Gasteiger partial charge in [0.1, 0.15) is 0 Å². The van der Waals surface area contributed by atoms with Crippen LogP contribution in [-0.2, 0) is 0 Å². The summed E-state index contributed by atoms with van der Waals surface area (Å²) >= 11 is 0. The van der Waals surface area contributed by atoms with E-state index in [-0.39, 0.29) is 0 Å². The highest BCUT2D eigenvalue weighted by atomic mass is 15.1. The van der Waals surface area contributed by atoms with Crippen LogP contribution >= 0.6 is 0 Å². The molecule has 0 aliphatic heterocycles. The van der Waals surface area contributed by atoms with Crippen LogP contribution < -0.4 is 10.2 Å². The lowest BCUT2D eigenvalue weighted by atomic mass is 9.79. The lowest BCUT2D eigenvalue weighted by Gasteiger charge is -2.38. The molecule has 116 valence electrons. The molecule has 0 saturated heterocycles. The minimum absolute atomic E-state index is 0.476. The topological polar surface area (TPSA) is 15.3 Å². The van der Waals surface area contributed by atoms with E-state index >= 15 is 0 Å². The van der Waals surface area contributed by atoms with E-state index in [1.807, 2.05) is 0 Å². The van der Waals surface area contributed by atoms with Crippen molar-refractivity contribution in [2.45, 2.75) is 57.4 Å². The highest BCUT2D eigenvalue weighted by Gasteiger charge is 2.34. The molecule has 3 rings (SSSR count). The summed E-state index contributed by atoms with van der Waals surface area (Å²) in [6.45, 7) is 2.41. The van der Waals surface area contributed by atoms with Crippen LogP contribution in [0.5, 0.6) is 0 Å². The number of hydrogen-bond acceptors (Lipinski definition) is 2. The highest BCUT2D eigenvalue weighted by molar-refractivity contribution is 5.45. The van der Waals surface area contributed by atoms with E-state index in [0.29, 0.717) is 5.41 Å². The maximum Gasteiger partial charge on any atom is 0.0363 e. The summed E-state index contributed by atoms with van der Waals surface area (Å²) in [5.74, 6) is 0. The number of para-hydroxylation sites is 1. The van der Waals surface area contributed by atoms with Crippen LogP contribution in [-0.4, -0.2) is 26.2 Å². The van der Waals surface area contributed by atoms with Gasteiger partial charge in [-0.25, -0.2) is 0 Å². The first kappa shape index (κ1) is 14.9. The van der Waals surface area contributed by atoms with Gasteiger partial charge in [-0.2, -0.15) is 0 Å². The van der Waals surface area contributed by atoms with E-state index < -0.39 is 0 Å². The number of rotatable bonds is 6. The van der Waals surface area contributed by atoms with Crippen molar-refractivity contribution in [2.75, 3.05) is 25.0 Å². The van der Waals surface area contributed by atoms with E-state index in [2.05, 4.69) is 47.6 Å². The van der Waals surface area contributed by atoms with Gasteiger partial charge in [0, 0.05) is 37.3 Å². The maximum absolute atomic E-state index is 3.83. The number of anilines is 1. The zero-order chi connectivity index (χ0) is 14.5. The molecule has 2 nitrogen and oxygen atoms in total. The third-order valence-electron chi connectivity index (χ3n) is 5.28. The second kappa shape index (κ2) is 6.83. The van der Waals surface area contributed by atoms with Crippen molar-refractivity contribution in [2.24, 2.45) is 5.41 Å². The zero-order valence-corrected chi connectivity index (χ0v) is 13.5. The third kappa shape index (κ3) is 4.23. The van der Waals surface area contributed by atoms with Crippen molar-refractivity contribution in [3.8, 4) is 0 Å². The first-order valence-corrected chi connectivity index (χ1v) is 8.77. The van der Waals surface area contributed by atoms with Crippen LogP contribution in [0.25, 0.3) is 0 Å². The van der Waals surface area contributed by atoms with Gasteiger partial charge in [-0.1, -0.05) is 43.9 Å². The predicted molar refractivity (Wildman–Crippen MR) is 90.9 cm³/mol. The number of nitrogens with zero attached hydrogens (tertiary/aromatic N) is 1.